The second-order valence-corrected chi connectivity index (χ2v) is 8.14. The molecule has 1 aliphatic rings. The third-order valence-electron chi connectivity index (χ3n) is 3.63. The summed E-state index contributed by atoms with van der Waals surface area (Å²) in [4.78, 5) is 25.0. The Morgan fingerprint density at radius 3 is 2.42 bits per heavy atom. The molecule has 0 saturated carbocycles. The number of nitrogens with zero attached hydrogens (tertiary/aromatic N) is 1. The van der Waals surface area contributed by atoms with E-state index in [0.717, 1.165) is 22.2 Å². The lowest BCUT2D eigenvalue weighted by atomic mass is 10.2. The van der Waals surface area contributed by atoms with Gasteiger partial charge in [0.2, 0.25) is 0 Å². The zero-order chi connectivity index (χ0) is 18.8. The van der Waals surface area contributed by atoms with E-state index in [1.165, 1.54) is 13.1 Å². The van der Waals surface area contributed by atoms with Gasteiger partial charge >= 0.3 is 0 Å². The highest BCUT2D eigenvalue weighted by Gasteiger charge is 2.31. The van der Waals surface area contributed by atoms with Crippen molar-refractivity contribution < 1.29 is 18.7 Å². The molecule has 3 rings (SSSR count). The first-order valence-corrected chi connectivity index (χ1v) is 9.84. The Morgan fingerprint density at radius 2 is 1.85 bits per heavy atom. The van der Waals surface area contributed by atoms with Crippen molar-refractivity contribution in [2.24, 2.45) is 0 Å². The van der Waals surface area contributed by atoms with Gasteiger partial charge in [-0.15, -0.1) is 0 Å². The number of likely N-dealkylation sites (N-methyl/N-ethyl adjacent to an activating group) is 1. The summed E-state index contributed by atoms with van der Waals surface area (Å²) in [5.41, 5.74) is 1.17. The number of amides is 2. The van der Waals surface area contributed by atoms with Gasteiger partial charge in [-0.05, 0) is 73.5 Å². The standard InChI is InChI=1S/C18H12Br2FNO3S/c1-22-17(23)15(26-18(22)24)8-10-6-12(19)16(13(20)7-10)25-9-11-4-2-3-5-14(11)21/h2-8H,9H2,1H3/b15-8-. The fraction of sp³-hybridized carbons (Fsp3) is 0.111. The Labute approximate surface area is 170 Å². The molecule has 2 amide bonds. The van der Waals surface area contributed by atoms with E-state index in [0.29, 0.717) is 25.2 Å². The van der Waals surface area contributed by atoms with Crippen LogP contribution in [0.4, 0.5) is 9.18 Å². The second-order valence-electron chi connectivity index (χ2n) is 5.43. The van der Waals surface area contributed by atoms with Crippen molar-refractivity contribution in [3.63, 3.8) is 0 Å². The average Bonchev–Trinajstić information content (AvgIpc) is 2.82. The highest BCUT2D eigenvalue weighted by Crippen LogP contribution is 2.37. The normalized spacial score (nSPS) is 15.8. The van der Waals surface area contributed by atoms with E-state index in [2.05, 4.69) is 31.9 Å². The minimum atomic E-state index is -0.327. The van der Waals surface area contributed by atoms with Gasteiger partial charge in [0, 0.05) is 12.6 Å². The van der Waals surface area contributed by atoms with Crippen LogP contribution in [0.1, 0.15) is 11.1 Å². The van der Waals surface area contributed by atoms with Crippen molar-refractivity contribution in [2.45, 2.75) is 6.61 Å². The summed E-state index contributed by atoms with van der Waals surface area (Å²) in [6.07, 6.45) is 1.64. The summed E-state index contributed by atoms with van der Waals surface area (Å²) in [5.74, 6) is -0.132. The molecule has 2 aromatic carbocycles. The number of ether oxygens (including phenoxy) is 1. The van der Waals surface area contributed by atoms with Crippen LogP contribution in [0.3, 0.4) is 0 Å². The summed E-state index contributed by atoms with van der Waals surface area (Å²) >= 11 is 7.76. The zero-order valence-electron chi connectivity index (χ0n) is 13.5. The molecule has 0 aromatic heterocycles. The van der Waals surface area contributed by atoms with E-state index in [4.69, 9.17) is 4.74 Å². The van der Waals surface area contributed by atoms with Crippen LogP contribution >= 0.6 is 43.6 Å². The molecule has 0 unspecified atom stereocenters. The number of benzene rings is 2. The van der Waals surface area contributed by atoms with Gasteiger partial charge in [0.05, 0.1) is 13.9 Å². The fourth-order valence-corrected chi connectivity index (χ4v) is 4.54. The van der Waals surface area contributed by atoms with Crippen LogP contribution in [0.25, 0.3) is 6.08 Å². The molecule has 0 N–H and O–H groups in total. The monoisotopic (exact) mass is 499 g/mol. The van der Waals surface area contributed by atoms with Crippen LogP contribution in [0.2, 0.25) is 0 Å². The Hall–Kier alpha value is -1.64. The van der Waals surface area contributed by atoms with Crippen LogP contribution in [0.5, 0.6) is 5.75 Å². The van der Waals surface area contributed by atoms with Crippen LogP contribution < -0.4 is 4.74 Å². The summed E-state index contributed by atoms with van der Waals surface area (Å²) in [6.45, 7) is 0.0813. The van der Waals surface area contributed by atoms with E-state index < -0.39 is 0 Å². The molecule has 8 heteroatoms. The van der Waals surface area contributed by atoms with Crippen LogP contribution in [-0.2, 0) is 11.4 Å². The van der Waals surface area contributed by atoms with Gasteiger partial charge in [-0.3, -0.25) is 14.5 Å². The number of imide groups is 1. The lowest BCUT2D eigenvalue weighted by Crippen LogP contribution is -2.22. The highest BCUT2D eigenvalue weighted by molar-refractivity contribution is 9.11. The maximum Gasteiger partial charge on any atom is 0.293 e. The third-order valence-corrected chi connectivity index (χ3v) is 5.77. The number of rotatable bonds is 4. The molecule has 26 heavy (non-hydrogen) atoms. The van der Waals surface area contributed by atoms with Crippen LogP contribution in [0, 0.1) is 5.82 Å². The molecule has 0 aliphatic carbocycles. The number of halogens is 3. The lowest BCUT2D eigenvalue weighted by molar-refractivity contribution is -0.121. The maximum absolute atomic E-state index is 13.7. The summed E-state index contributed by atoms with van der Waals surface area (Å²) in [6, 6.07) is 9.95. The molecule has 2 aromatic rings. The molecule has 0 spiro atoms. The van der Waals surface area contributed by atoms with Gasteiger partial charge in [-0.25, -0.2) is 4.39 Å². The number of hydrogen-bond donors (Lipinski definition) is 0. The van der Waals surface area contributed by atoms with Crippen LogP contribution in [-0.4, -0.2) is 23.1 Å². The quantitative estimate of drug-likeness (QED) is 0.513. The van der Waals surface area contributed by atoms with Crippen molar-refractivity contribution in [1.29, 1.82) is 0 Å². The summed E-state index contributed by atoms with van der Waals surface area (Å²) < 4.78 is 20.7. The third kappa shape index (κ3) is 4.02. The average molecular weight is 501 g/mol. The van der Waals surface area contributed by atoms with Crippen LogP contribution in [0.15, 0.2) is 50.2 Å². The predicted molar refractivity (Wildman–Crippen MR) is 106 cm³/mol. The first-order valence-electron chi connectivity index (χ1n) is 7.43. The van der Waals surface area contributed by atoms with Gasteiger partial charge in [0.1, 0.15) is 18.2 Å². The zero-order valence-corrected chi connectivity index (χ0v) is 17.5. The largest absolute Gasteiger partial charge is 0.486 e. The van der Waals surface area contributed by atoms with Crippen molar-refractivity contribution in [3.8, 4) is 5.75 Å². The molecule has 4 nitrogen and oxygen atoms in total. The van der Waals surface area contributed by atoms with E-state index in [1.54, 1.807) is 36.4 Å². The number of hydrogen-bond acceptors (Lipinski definition) is 4. The molecule has 134 valence electrons. The number of carbonyl (C=O) groups is 2. The molecule has 0 atom stereocenters. The first-order chi connectivity index (χ1) is 12.4. The summed E-state index contributed by atoms with van der Waals surface area (Å²) in [5, 5.41) is -0.302. The smallest absolute Gasteiger partial charge is 0.293 e. The molecular formula is C18H12Br2FNO3S. The first kappa shape index (κ1) is 19.1. The lowest BCUT2D eigenvalue weighted by Gasteiger charge is -2.12. The van der Waals surface area contributed by atoms with E-state index >= 15 is 0 Å². The Morgan fingerprint density at radius 1 is 1.19 bits per heavy atom. The molecule has 1 aliphatic heterocycles. The molecule has 0 bridgehead atoms. The van der Waals surface area contributed by atoms with Crippen molar-refractivity contribution in [3.05, 3.63) is 67.2 Å². The Balaban J connectivity index is 1.82. The minimum Gasteiger partial charge on any atom is -0.486 e. The predicted octanol–water partition coefficient (Wildman–Crippen LogP) is 5.60. The Bertz CT molecular complexity index is 909. The van der Waals surface area contributed by atoms with Gasteiger partial charge in [-0.2, -0.15) is 0 Å². The molecule has 1 heterocycles. The van der Waals surface area contributed by atoms with E-state index in [9.17, 15) is 14.0 Å². The molecular weight excluding hydrogens is 489 g/mol. The van der Waals surface area contributed by atoms with Gasteiger partial charge in [-0.1, -0.05) is 18.2 Å². The topological polar surface area (TPSA) is 46.6 Å². The number of carbonyl (C=O) groups excluding carboxylic acids is 2. The van der Waals surface area contributed by atoms with Crippen molar-refractivity contribution in [1.82, 2.24) is 4.90 Å². The van der Waals surface area contributed by atoms with Gasteiger partial charge in [0.15, 0.2) is 0 Å². The van der Waals surface area contributed by atoms with E-state index in [-0.39, 0.29) is 23.6 Å². The van der Waals surface area contributed by atoms with Gasteiger partial charge < -0.3 is 4.74 Å². The summed E-state index contributed by atoms with van der Waals surface area (Å²) in [7, 11) is 1.45. The van der Waals surface area contributed by atoms with Gasteiger partial charge in [0.25, 0.3) is 11.1 Å². The Kier molecular flexibility index (Phi) is 5.84. The van der Waals surface area contributed by atoms with E-state index in [1.807, 2.05) is 0 Å². The maximum atomic E-state index is 13.7. The fourth-order valence-electron chi connectivity index (χ4n) is 2.26. The van der Waals surface area contributed by atoms with Crippen molar-refractivity contribution in [2.75, 3.05) is 7.05 Å². The second kappa shape index (κ2) is 7.94. The molecule has 1 saturated heterocycles. The molecule has 1 fully saturated rings. The number of thioether (sulfide) groups is 1. The van der Waals surface area contributed by atoms with Crippen molar-refractivity contribution >= 4 is 60.8 Å². The SMILES string of the molecule is CN1C(=O)S/C(=C\c2cc(Br)c(OCc3ccccc3F)c(Br)c2)C1=O. The molecule has 0 radical (unpaired) electrons. The highest BCUT2D eigenvalue weighted by atomic mass is 79.9. The minimum absolute atomic E-state index is 0.0813.